The minimum absolute atomic E-state index is 0.153. The molecule has 2 aromatic carbocycles. The molecule has 3 aromatic rings. The van der Waals surface area contributed by atoms with E-state index in [4.69, 9.17) is 0 Å². The molecule has 0 fully saturated rings. The van der Waals surface area contributed by atoms with Crippen LogP contribution in [-0.4, -0.2) is 21.0 Å². The summed E-state index contributed by atoms with van der Waals surface area (Å²) < 4.78 is 2.16. The van der Waals surface area contributed by atoms with E-state index in [2.05, 4.69) is 26.0 Å². The van der Waals surface area contributed by atoms with E-state index >= 15 is 0 Å². The van der Waals surface area contributed by atoms with Crippen LogP contribution < -0.4 is 5.56 Å². The summed E-state index contributed by atoms with van der Waals surface area (Å²) >= 11 is 3.38. The maximum absolute atomic E-state index is 12.8. The van der Waals surface area contributed by atoms with Crippen molar-refractivity contribution < 1.29 is 5.11 Å². The molecule has 122 valence electrons. The predicted octanol–water partition coefficient (Wildman–Crippen LogP) is 3.70. The van der Waals surface area contributed by atoms with Gasteiger partial charge in [-0.1, -0.05) is 35.0 Å². The molecule has 1 heterocycles. The molecule has 0 saturated carbocycles. The van der Waals surface area contributed by atoms with E-state index in [9.17, 15) is 9.90 Å². The first-order valence-electron chi connectivity index (χ1n) is 7.63. The van der Waals surface area contributed by atoms with Crippen LogP contribution in [0.3, 0.4) is 0 Å². The molecule has 0 aliphatic rings. The number of phenolic OH excluding ortho intramolecular Hbond substituents is 1. The zero-order chi connectivity index (χ0) is 17.1. The number of fused-ring (bicyclic) bond motifs is 1. The number of hydrogen-bond donors (Lipinski definition) is 1. The average Bonchev–Trinajstić information content (AvgIpc) is 2.56. The monoisotopic (exact) mass is 385 g/mol. The number of aryl methyl sites for hydroxylation is 1. The molecule has 0 radical (unpaired) electrons. The predicted molar refractivity (Wildman–Crippen MR) is 98.8 cm³/mol. The van der Waals surface area contributed by atoms with E-state index in [-0.39, 0.29) is 11.3 Å². The van der Waals surface area contributed by atoms with Gasteiger partial charge in [-0.2, -0.15) is 9.78 Å². The maximum Gasteiger partial charge on any atom is 0.282 e. The fraction of sp³-hybridized carbons (Fsp3) is 0.167. The summed E-state index contributed by atoms with van der Waals surface area (Å²) in [6.45, 7) is 2.03. The zero-order valence-corrected chi connectivity index (χ0v) is 14.7. The van der Waals surface area contributed by atoms with E-state index in [0.717, 1.165) is 10.9 Å². The largest absolute Gasteiger partial charge is 0.508 e. The van der Waals surface area contributed by atoms with E-state index < -0.39 is 0 Å². The second kappa shape index (κ2) is 6.97. The van der Waals surface area contributed by atoms with Crippen LogP contribution >= 0.6 is 15.9 Å². The molecule has 6 heteroatoms. The SMILES string of the molecule is CCCc1nc2ccc(Br)cc2c(=O)n1N=Cc1cccc(O)c1. The van der Waals surface area contributed by atoms with Crippen molar-refractivity contribution in [2.45, 2.75) is 19.8 Å². The number of aromatic hydroxyl groups is 1. The Balaban J connectivity index is 2.15. The number of benzene rings is 2. The van der Waals surface area contributed by atoms with Crippen molar-refractivity contribution in [3.8, 4) is 5.75 Å². The highest BCUT2D eigenvalue weighted by Gasteiger charge is 2.10. The highest BCUT2D eigenvalue weighted by atomic mass is 79.9. The number of hydrogen-bond acceptors (Lipinski definition) is 4. The molecular weight excluding hydrogens is 370 g/mol. The fourth-order valence-corrected chi connectivity index (χ4v) is 2.79. The third-order valence-electron chi connectivity index (χ3n) is 3.54. The van der Waals surface area contributed by atoms with Gasteiger partial charge in [0.15, 0.2) is 0 Å². The van der Waals surface area contributed by atoms with Gasteiger partial charge in [0, 0.05) is 10.9 Å². The lowest BCUT2D eigenvalue weighted by atomic mass is 10.2. The highest BCUT2D eigenvalue weighted by Crippen LogP contribution is 2.16. The van der Waals surface area contributed by atoms with Gasteiger partial charge < -0.3 is 5.11 Å². The van der Waals surface area contributed by atoms with Crippen LogP contribution in [0.25, 0.3) is 10.9 Å². The molecule has 0 unspecified atom stereocenters. The van der Waals surface area contributed by atoms with Gasteiger partial charge in [0.25, 0.3) is 5.56 Å². The maximum atomic E-state index is 12.8. The lowest BCUT2D eigenvalue weighted by molar-refractivity contribution is 0.475. The number of aromatic nitrogens is 2. The summed E-state index contributed by atoms with van der Waals surface area (Å²) in [5, 5.41) is 14.3. The molecule has 3 rings (SSSR count). The van der Waals surface area contributed by atoms with E-state index in [1.807, 2.05) is 19.1 Å². The topological polar surface area (TPSA) is 67.5 Å². The smallest absolute Gasteiger partial charge is 0.282 e. The standard InChI is InChI=1S/C18H16BrN3O2/c1-2-4-17-21-16-8-7-13(19)10-15(16)18(24)22(17)20-11-12-5-3-6-14(23)9-12/h3,5-11,23H,2,4H2,1H3. The molecule has 0 atom stereocenters. The zero-order valence-electron chi connectivity index (χ0n) is 13.1. The number of rotatable bonds is 4. The Morgan fingerprint density at radius 2 is 2.12 bits per heavy atom. The molecule has 5 nitrogen and oxygen atoms in total. The van der Waals surface area contributed by atoms with Crippen molar-refractivity contribution in [1.29, 1.82) is 0 Å². The molecule has 0 saturated heterocycles. The first-order valence-corrected chi connectivity index (χ1v) is 8.42. The van der Waals surface area contributed by atoms with E-state index in [1.54, 1.807) is 36.5 Å². The van der Waals surface area contributed by atoms with Gasteiger partial charge in [0.1, 0.15) is 11.6 Å². The molecule has 0 aliphatic carbocycles. The lowest BCUT2D eigenvalue weighted by Crippen LogP contribution is -2.22. The summed E-state index contributed by atoms with van der Waals surface area (Å²) in [5.74, 6) is 0.773. The first-order chi connectivity index (χ1) is 11.6. The van der Waals surface area contributed by atoms with Crippen LogP contribution in [0.4, 0.5) is 0 Å². The van der Waals surface area contributed by atoms with Gasteiger partial charge in [-0.05, 0) is 42.3 Å². The van der Waals surface area contributed by atoms with Gasteiger partial charge in [0.05, 0.1) is 17.1 Å². The molecular formula is C18H16BrN3O2. The second-order valence-corrected chi connectivity index (χ2v) is 6.31. The fourth-order valence-electron chi connectivity index (χ4n) is 2.43. The highest BCUT2D eigenvalue weighted by molar-refractivity contribution is 9.10. The Bertz CT molecular complexity index is 980. The normalized spacial score (nSPS) is 11.4. The molecule has 0 bridgehead atoms. The quantitative estimate of drug-likeness (QED) is 0.696. The number of halogens is 1. The Labute approximate surface area is 147 Å². The Morgan fingerprint density at radius 3 is 2.88 bits per heavy atom. The Hall–Kier alpha value is -2.47. The van der Waals surface area contributed by atoms with E-state index in [1.165, 1.54) is 4.68 Å². The minimum Gasteiger partial charge on any atom is -0.508 e. The summed E-state index contributed by atoms with van der Waals surface area (Å²) in [7, 11) is 0. The van der Waals surface area contributed by atoms with Gasteiger partial charge in [-0.3, -0.25) is 4.79 Å². The van der Waals surface area contributed by atoms with Crippen molar-refractivity contribution >= 4 is 33.0 Å². The van der Waals surface area contributed by atoms with Crippen LogP contribution in [0.1, 0.15) is 24.7 Å². The third-order valence-corrected chi connectivity index (χ3v) is 4.03. The summed E-state index contributed by atoms with van der Waals surface area (Å²) in [4.78, 5) is 17.4. The molecule has 0 amide bonds. The van der Waals surface area contributed by atoms with Gasteiger partial charge >= 0.3 is 0 Å². The molecule has 1 N–H and O–H groups in total. The van der Waals surface area contributed by atoms with Crippen LogP contribution in [-0.2, 0) is 6.42 Å². The Morgan fingerprint density at radius 1 is 1.29 bits per heavy atom. The second-order valence-electron chi connectivity index (χ2n) is 5.40. The van der Waals surface area contributed by atoms with Crippen molar-refractivity contribution in [2.75, 3.05) is 0 Å². The van der Waals surface area contributed by atoms with Gasteiger partial charge in [-0.25, -0.2) is 4.98 Å². The van der Waals surface area contributed by atoms with Crippen molar-refractivity contribution in [1.82, 2.24) is 9.66 Å². The lowest BCUT2D eigenvalue weighted by Gasteiger charge is -2.08. The molecule has 1 aromatic heterocycles. The third kappa shape index (κ3) is 3.38. The number of nitrogens with zero attached hydrogens (tertiary/aromatic N) is 3. The first kappa shape index (κ1) is 16.4. The van der Waals surface area contributed by atoms with Gasteiger partial charge in [0.2, 0.25) is 0 Å². The minimum atomic E-state index is -0.207. The van der Waals surface area contributed by atoms with Crippen LogP contribution in [0.15, 0.2) is 56.8 Å². The van der Waals surface area contributed by atoms with Crippen LogP contribution in [0.2, 0.25) is 0 Å². The summed E-state index contributed by atoms with van der Waals surface area (Å²) in [5.41, 5.74) is 1.16. The van der Waals surface area contributed by atoms with Gasteiger partial charge in [-0.15, -0.1) is 0 Å². The number of phenols is 1. The van der Waals surface area contributed by atoms with Crippen molar-refractivity contribution in [2.24, 2.45) is 5.10 Å². The average molecular weight is 386 g/mol. The van der Waals surface area contributed by atoms with Crippen LogP contribution in [0, 0.1) is 0 Å². The summed E-state index contributed by atoms with van der Waals surface area (Å²) in [6, 6.07) is 12.1. The molecule has 0 spiro atoms. The van der Waals surface area contributed by atoms with Crippen molar-refractivity contribution in [3.05, 3.63) is 68.7 Å². The van der Waals surface area contributed by atoms with E-state index in [0.29, 0.717) is 28.7 Å². The Kier molecular flexibility index (Phi) is 4.76. The summed E-state index contributed by atoms with van der Waals surface area (Å²) in [6.07, 6.45) is 3.06. The molecule has 24 heavy (non-hydrogen) atoms. The van der Waals surface area contributed by atoms with Crippen molar-refractivity contribution in [3.63, 3.8) is 0 Å². The molecule has 0 aliphatic heterocycles. The van der Waals surface area contributed by atoms with Crippen LogP contribution in [0.5, 0.6) is 5.75 Å².